The van der Waals surface area contributed by atoms with E-state index in [1.165, 1.54) is 12.1 Å². The number of carboxylic acids is 2. The Morgan fingerprint density at radius 3 is 2.03 bits per heavy atom. The van der Waals surface area contributed by atoms with Crippen molar-refractivity contribution in [3.05, 3.63) is 35.6 Å². The summed E-state index contributed by atoms with van der Waals surface area (Å²) in [5.74, 6) is -3.87. The lowest BCUT2D eigenvalue weighted by Gasteiger charge is -2.34. The van der Waals surface area contributed by atoms with E-state index in [0.717, 1.165) is 12.0 Å². The van der Waals surface area contributed by atoms with Crippen LogP contribution in [0.3, 0.4) is 0 Å². The summed E-state index contributed by atoms with van der Waals surface area (Å²) in [5, 5.41) is 17.9. The Labute approximate surface area is 173 Å². The number of aliphatic carboxylic acids is 2. The normalized spacial score (nSPS) is 13.1. The van der Waals surface area contributed by atoms with Gasteiger partial charge >= 0.3 is 18.0 Å². The van der Waals surface area contributed by atoms with Crippen molar-refractivity contribution in [1.82, 2.24) is 15.1 Å². The predicted molar refractivity (Wildman–Crippen MR) is 103 cm³/mol. The zero-order valence-corrected chi connectivity index (χ0v) is 16.7. The second-order valence-corrected chi connectivity index (χ2v) is 6.23. The summed E-state index contributed by atoms with van der Waals surface area (Å²) in [7, 11) is 0. The average Bonchev–Trinajstić information content (AvgIpc) is 2.73. The Kier molecular flexibility index (Phi) is 10.8. The third kappa shape index (κ3) is 9.32. The van der Waals surface area contributed by atoms with Crippen molar-refractivity contribution in [2.45, 2.75) is 13.3 Å². The quantitative estimate of drug-likeness (QED) is 0.439. The molecule has 0 aliphatic carbocycles. The summed E-state index contributed by atoms with van der Waals surface area (Å²) in [6.45, 7) is 5.10. The number of piperazine rings is 1. The molecule has 30 heavy (non-hydrogen) atoms. The highest BCUT2D eigenvalue weighted by Gasteiger charge is 2.24. The number of hydrogen-bond acceptors (Lipinski definition) is 6. The van der Waals surface area contributed by atoms with E-state index in [-0.39, 0.29) is 24.4 Å². The molecule has 0 radical (unpaired) electrons. The molecule has 2 rings (SSSR count). The maximum atomic E-state index is 12.8. The fourth-order valence-electron chi connectivity index (χ4n) is 2.54. The summed E-state index contributed by atoms with van der Waals surface area (Å²) < 4.78 is 17.8. The molecule has 1 aromatic rings. The summed E-state index contributed by atoms with van der Waals surface area (Å²) >= 11 is 0. The summed E-state index contributed by atoms with van der Waals surface area (Å²) in [6, 6.07) is 6.36. The molecule has 0 saturated carbocycles. The first-order chi connectivity index (χ1) is 14.2. The fourth-order valence-corrected chi connectivity index (χ4v) is 2.54. The van der Waals surface area contributed by atoms with Crippen molar-refractivity contribution in [3.8, 4) is 0 Å². The standard InChI is InChI=1S/C17H24FN3O3.C2H2O4/c1-2-24-17(23)21-11-9-20(10-12-21)16(22)13-19-8-7-14-3-5-15(18)6-4-14;3-1(4)2(5)6/h3-6,19H,2,7-13H2,1H3;(H,3,4)(H,5,6). The van der Waals surface area contributed by atoms with Crippen LogP contribution in [0.4, 0.5) is 9.18 Å². The molecular weight excluding hydrogens is 401 g/mol. The highest BCUT2D eigenvalue weighted by Crippen LogP contribution is 2.05. The number of carbonyl (C=O) groups is 4. The van der Waals surface area contributed by atoms with Crippen LogP contribution in [0.25, 0.3) is 0 Å². The highest BCUT2D eigenvalue weighted by molar-refractivity contribution is 6.27. The van der Waals surface area contributed by atoms with Crippen molar-refractivity contribution in [2.24, 2.45) is 0 Å². The maximum absolute atomic E-state index is 12.8. The van der Waals surface area contributed by atoms with Crippen LogP contribution in [-0.2, 0) is 25.5 Å². The molecular formula is C19H26FN3O7. The van der Waals surface area contributed by atoms with E-state index in [2.05, 4.69) is 5.32 Å². The third-order valence-corrected chi connectivity index (χ3v) is 4.12. The third-order valence-electron chi connectivity index (χ3n) is 4.12. The van der Waals surface area contributed by atoms with Gasteiger partial charge in [-0.25, -0.2) is 18.8 Å². The molecule has 1 fully saturated rings. The summed E-state index contributed by atoms with van der Waals surface area (Å²) in [6.07, 6.45) is 0.423. The minimum atomic E-state index is -1.82. The molecule has 0 unspecified atom stereocenters. The number of rotatable bonds is 6. The number of nitrogens with zero attached hydrogens (tertiary/aromatic N) is 2. The van der Waals surface area contributed by atoms with E-state index in [9.17, 15) is 14.0 Å². The van der Waals surface area contributed by atoms with Crippen molar-refractivity contribution >= 4 is 23.9 Å². The molecule has 1 aliphatic rings. The first-order valence-electron chi connectivity index (χ1n) is 9.35. The zero-order chi connectivity index (χ0) is 22.5. The van der Waals surface area contributed by atoms with Gasteiger partial charge in [-0.1, -0.05) is 12.1 Å². The van der Waals surface area contributed by atoms with Gasteiger partial charge in [-0.05, 0) is 37.6 Å². The molecule has 0 atom stereocenters. The second-order valence-electron chi connectivity index (χ2n) is 6.23. The van der Waals surface area contributed by atoms with Gasteiger partial charge in [0.1, 0.15) is 5.82 Å². The lowest BCUT2D eigenvalue weighted by molar-refractivity contribution is -0.159. The number of carbonyl (C=O) groups excluding carboxylic acids is 2. The van der Waals surface area contributed by atoms with Crippen LogP contribution < -0.4 is 5.32 Å². The van der Waals surface area contributed by atoms with Gasteiger partial charge in [0.25, 0.3) is 0 Å². The van der Waals surface area contributed by atoms with Crippen LogP contribution in [0.2, 0.25) is 0 Å². The number of carboxylic acid groups (broad SMARTS) is 2. The van der Waals surface area contributed by atoms with Crippen LogP contribution in [-0.4, -0.2) is 89.8 Å². The van der Waals surface area contributed by atoms with E-state index in [0.29, 0.717) is 39.3 Å². The first kappa shape index (κ1) is 24.8. The molecule has 1 aromatic carbocycles. The Morgan fingerprint density at radius 2 is 1.53 bits per heavy atom. The van der Waals surface area contributed by atoms with Gasteiger partial charge in [0, 0.05) is 26.2 Å². The topological polar surface area (TPSA) is 136 Å². The highest BCUT2D eigenvalue weighted by atomic mass is 19.1. The molecule has 166 valence electrons. The van der Waals surface area contributed by atoms with Crippen LogP contribution in [0.1, 0.15) is 12.5 Å². The summed E-state index contributed by atoms with van der Waals surface area (Å²) in [5.41, 5.74) is 1.03. The van der Waals surface area contributed by atoms with Gasteiger partial charge in [-0.2, -0.15) is 0 Å². The second kappa shape index (κ2) is 13.1. The molecule has 1 heterocycles. The fraction of sp³-hybridized carbons (Fsp3) is 0.474. The number of ether oxygens (including phenoxy) is 1. The van der Waals surface area contributed by atoms with E-state index in [1.807, 2.05) is 0 Å². The van der Waals surface area contributed by atoms with Crippen LogP contribution >= 0.6 is 0 Å². The van der Waals surface area contributed by atoms with E-state index >= 15 is 0 Å². The van der Waals surface area contributed by atoms with Gasteiger partial charge in [0.2, 0.25) is 5.91 Å². The maximum Gasteiger partial charge on any atom is 0.414 e. The molecule has 2 amide bonds. The smallest absolute Gasteiger partial charge is 0.414 e. The molecule has 10 nitrogen and oxygen atoms in total. The number of nitrogens with one attached hydrogen (secondary N) is 1. The number of halogens is 1. The monoisotopic (exact) mass is 427 g/mol. The van der Waals surface area contributed by atoms with Gasteiger partial charge in [0.05, 0.1) is 13.2 Å². The summed E-state index contributed by atoms with van der Waals surface area (Å²) in [4.78, 5) is 45.3. The predicted octanol–water partition coefficient (Wildman–Crippen LogP) is 0.414. The Morgan fingerprint density at radius 1 is 1.00 bits per heavy atom. The lowest BCUT2D eigenvalue weighted by atomic mass is 10.1. The van der Waals surface area contributed by atoms with Gasteiger partial charge in [-0.3, -0.25) is 4.79 Å². The van der Waals surface area contributed by atoms with E-state index < -0.39 is 11.9 Å². The molecule has 3 N–H and O–H groups in total. The van der Waals surface area contributed by atoms with Crippen LogP contribution in [0.15, 0.2) is 24.3 Å². The molecule has 1 saturated heterocycles. The first-order valence-corrected chi connectivity index (χ1v) is 9.35. The molecule has 0 bridgehead atoms. The largest absolute Gasteiger partial charge is 0.473 e. The van der Waals surface area contributed by atoms with Crippen LogP contribution in [0, 0.1) is 5.82 Å². The molecule has 11 heteroatoms. The van der Waals surface area contributed by atoms with Gasteiger partial charge in [-0.15, -0.1) is 0 Å². The minimum absolute atomic E-state index is 0.0256. The Bertz CT molecular complexity index is 707. The van der Waals surface area contributed by atoms with Crippen molar-refractivity contribution in [3.63, 3.8) is 0 Å². The van der Waals surface area contributed by atoms with Gasteiger partial charge in [0.15, 0.2) is 0 Å². The van der Waals surface area contributed by atoms with E-state index in [1.54, 1.807) is 28.9 Å². The molecule has 0 spiro atoms. The van der Waals surface area contributed by atoms with Crippen molar-refractivity contribution in [1.29, 1.82) is 0 Å². The molecule has 0 aromatic heterocycles. The molecule has 1 aliphatic heterocycles. The van der Waals surface area contributed by atoms with Crippen LogP contribution in [0.5, 0.6) is 0 Å². The number of hydrogen-bond donors (Lipinski definition) is 3. The Balaban J connectivity index is 0.000000656. The SMILES string of the molecule is CCOC(=O)N1CCN(C(=O)CNCCc2ccc(F)cc2)CC1.O=C(O)C(=O)O. The minimum Gasteiger partial charge on any atom is -0.473 e. The lowest BCUT2D eigenvalue weighted by Crippen LogP contribution is -2.52. The number of amides is 2. The van der Waals surface area contributed by atoms with Crippen molar-refractivity contribution in [2.75, 3.05) is 45.9 Å². The number of benzene rings is 1. The van der Waals surface area contributed by atoms with Gasteiger partial charge < -0.3 is 30.1 Å². The average molecular weight is 427 g/mol. The Hall–Kier alpha value is -3.21. The zero-order valence-electron chi connectivity index (χ0n) is 16.7. The van der Waals surface area contributed by atoms with Crippen molar-refractivity contribution < 1.29 is 38.5 Å². The van der Waals surface area contributed by atoms with E-state index in [4.69, 9.17) is 24.5 Å².